The Labute approximate surface area is 117 Å². The van der Waals surface area contributed by atoms with Gasteiger partial charge in [-0.15, -0.1) is 0 Å². The monoisotopic (exact) mass is 267 g/mol. The van der Waals surface area contributed by atoms with Gasteiger partial charge in [-0.25, -0.2) is 0 Å². The van der Waals surface area contributed by atoms with Crippen LogP contribution in [-0.2, 0) is 4.74 Å². The van der Waals surface area contributed by atoms with Gasteiger partial charge in [0.2, 0.25) is 0 Å². The largest absolute Gasteiger partial charge is 0.389 e. The van der Waals surface area contributed by atoms with Crippen molar-refractivity contribution in [3.63, 3.8) is 0 Å². The second-order valence-electron chi connectivity index (χ2n) is 6.26. The highest BCUT2D eigenvalue weighted by Crippen LogP contribution is 2.25. The number of nitrogens with one attached hydrogen (secondary N) is 1. The first-order valence-corrected chi connectivity index (χ1v) is 7.92. The number of hydrogen-bond acceptors (Lipinski definition) is 3. The van der Waals surface area contributed by atoms with Gasteiger partial charge in [-0.1, -0.05) is 19.1 Å². The molecule has 3 heteroatoms. The standard InChI is InChI=1S/C16H29NO2/c1-13-7-9-16(10-8-13)19-12-15(18)11-17-14-5-3-2-4-6-14/h2-3,13-18H,4-12H2,1H3. The van der Waals surface area contributed by atoms with Gasteiger partial charge in [-0.05, 0) is 50.9 Å². The molecule has 2 atom stereocenters. The quantitative estimate of drug-likeness (QED) is 0.727. The molecule has 1 saturated carbocycles. The van der Waals surface area contributed by atoms with Gasteiger partial charge in [-0.3, -0.25) is 0 Å². The second kappa shape index (κ2) is 8.03. The molecule has 0 aliphatic heterocycles. The fourth-order valence-electron chi connectivity index (χ4n) is 2.98. The Morgan fingerprint density at radius 2 is 2.00 bits per heavy atom. The molecular formula is C16H29NO2. The molecular weight excluding hydrogens is 238 g/mol. The molecule has 0 aromatic carbocycles. The van der Waals surface area contributed by atoms with Crippen LogP contribution in [-0.4, -0.2) is 36.5 Å². The molecule has 0 radical (unpaired) electrons. The first kappa shape index (κ1) is 15.0. The minimum absolute atomic E-state index is 0.370. The summed E-state index contributed by atoms with van der Waals surface area (Å²) < 4.78 is 5.83. The van der Waals surface area contributed by atoms with E-state index in [-0.39, 0.29) is 6.10 Å². The van der Waals surface area contributed by atoms with E-state index in [1.165, 1.54) is 19.3 Å². The molecule has 2 N–H and O–H groups in total. The predicted octanol–water partition coefficient (Wildman–Crippen LogP) is 2.64. The minimum Gasteiger partial charge on any atom is -0.389 e. The molecule has 0 spiro atoms. The summed E-state index contributed by atoms with van der Waals surface area (Å²) in [7, 11) is 0. The lowest BCUT2D eigenvalue weighted by atomic mass is 9.89. The molecule has 1 fully saturated rings. The summed E-state index contributed by atoms with van der Waals surface area (Å²) >= 11 is 0. The van der Waals surface area contributed by atoms with Crippen LogP contribution in [0.2, 0.25) is 0 Å². The van der Waals surface area contributed by atoms with Gasteiger partial charge < -0.3 is 15.2 Å². The van der Waals surface area contributed by atoms with Gasteiger partial charge in [0, 0.05) is 12.6 Å². The van der Waals surface area contributed by atoms with Crippen molar-refractivity contribution >= 4 is 0 Å². The molecule has 0 amide bonds. The van der Waals surface area contributed by atoms with E-state index in [1.54, 1.807) is 0 Å². The fourth-order valence-corrected chi connectivity index (χ4v) is 2.98. The Hall–Kier alpha value is -0.380. The van der Waals surface area contributed by atoms with E-state index in [9.17, 15) is 5.11 Å². The summed E-state index contributed by atoms with van der Waals surface area (Å²) in [6.07, 6.45) is 12.8. The van der Waals surface area contributed by atoms with Crippen molar-refractivity contribution in [3.05, 3.63) is 12.2 Å². The summed E-state index contributed by atoms with van der Waals surface area (Å²) in [4.78, 5) is 0. The van der Waals surface area contributed by atoms with E-state index in [2.05, 4.69) is 24.4 Å². The van der Waals surface area contributed by atoms with E-state index in [0.29, 0.717) is 25.3 Å². The highest BCUT2D eigenvalue weighted by molar-refractivity contribution is 4.93. The van der Waals surface area contributed by atoms with Crippen LogP contribution in [0, 0.1) is 5.92 Å². The van der Waals surface area contributed by atoms with Crippen molar-refractivity contribution in [2.75, 3.05) is 13.2 Å². The maximum atomic E-state index is 9.96. The molecule has 0 aromatic rings. The number of allylic oxidation sites excluding steroid dienone is 1. The van der Waals surface area contributed by atoms with Crippen molar-refractivity contribution in [2.45, 2.75) is 70.1 Å². The van der Waals surface area contributed by atoms with Crippen molar-refractivity contribution in [1.29, 1.82) is 0 Å². The topological polar surface area (TPSA) is 41.5 Å². The highest BCUT2D eigenvalue weighted by Gasteiger charge is 2.20. The van der Waals surface area contributed by atoms with Crippen LogP contribution in [0.1, 0.15) is 51.9 Å². The molecule has 19 heavy (non-hydrogen) atoms. The molecule has 3 nitrogen and oxygen atoms in total. The van der Waals surface area contributed by atoms with Crippen LogP contribution in [0.15, 0.2) is 12.2 Å². The normalized spacial score (nSPS) is 33.3. The van der Waals surface area contributed by atoms with Gasteiger partial charge in [0.05, 0.1) is 18.8 Å². The van der Waals surface area contributed by atoms with Crippen molar-refractivity contribution < 1.29 is 9.84 Å². The average molecular weight is 267 g/mol. The third-order valence-corrected chi connectivity index (χ3v) is 4.40. The van der Waals surface area contributed by atoms with Gasteiger partial charge in [0.25, 0.3) is 0 Å². The summed E-state index contributed by atoms with van der Waals surface area (Å²) in [5, 5.41) is 13.4. The summed E-state index contributed by atoms with van der Waals surface area (Å²) in [6.45, 7) is 3.45. The van der Waals surface area contributed by atoms with Crippen molar-refractivity contribution in [3.8, 4) is 0 Å². The molecule has 2 unspecified atom stereocenters. The zero-order valence-corrected chi connectivity index (χ0v) is 12.2. The smallest absolute Gasteiger partial charge is 0.0897 e. The molecule has 0 saturated heterocycles. The van der Waals surface area contributed by atoms with Crippen LogP contribution in [0.5, 0.6) is 0 Å². The molecule has 0 bridgehead atoms. The number of aliphatic hydroxyl groups excluding tert-OH is 1. The molecule has 2 aliphatic carbocycles. The summed E-state index contributed by atoms with van der Waals surface area (Å²) in [6, 6.07) is 0.537. The van der Waals surface area contributed by atoms with Gasteiger partial charge in [0.1, 0.15) is 0 Å². The summed E-state index contributed by atoms with van der Waals surface area (Å²) in [5.74, 6) is 0.853. The molecule has 0 aromatic heterocycles. The molecule has 0 heterocycles. The average Bonchev–Trinajstić information content (AvgIpc) is 2.45. The Morgan fingerprint density at radius 3 is 2.68 bits per heavy atom. The zero-order valence-electron chi connectivity index (χ0n) is 12.2. The predicted molar refractivity (Wildman–Crippen MR) is 78.2 cm³/mol. The van der Waals surface area contributed by atoms with Crippen LogP contribution >= 0.6 is 0 Å². The SMILES string of the molecule is CC1CCC(OCC(O)CNC2CC=CCC2)CC1. The molecule has 110 valence electrons. The van der Waals surface area contributed by atoms with Crippen LogP contribution in [0.25, 0.3) is 0 Å². The van der Waals surface area contributed by atoms with E-state index in [0.717, 1.165) is 31.6 Å². The minimum atomic E-state index is -0.370. The number of hydrogen-bond donors (Lipinski definition) is 2. The fraction of sp³-hybridized carbons (Fsp3) is 0.875. The van der Waals surface area contributed by atoms with E-state index in [4.69, 9.17) is 4.74 Å². The van der Waals surface area contributed by atoms with E-state index < -0.39 is 0 Å². The Bertz CT molecular complexity index is 272. The van der Waals surface area contributed by atoms with Crippen LogP contribution in [0.3, 0.4) is 0 Å². The van der Waals surface area contributed by atoms with Gasteiger partial charge >= 0.3 is 0 Å². The van der Waals surface area contributed by atoms with Gasteiger partial charge in [0.15, 0.2) is 0 Å². The van der Waals surface area contributed by atoms with Gasteiger partial charge in [-0.2, -0.15) is 0 Å². The summed E-state index contributed by atoms with van der Waals surface area (Å²) in [5.41, 5.74) is 0. The molecule has 2 rings (SSSR count). The van der Waals surface area contributed by atoms with E-state index in [1.807, 2.05) is 0 Å². The molecule has 2 aliphatic rings. The first-order valence-electron chi connectivity index (χ1n) is 7.92. The maximum absolute atomic E-state index is 9.96. The van der Waals surface area contributed by atoms with Crippen molar-refractivity contribution in [1.82, 2.24) is 5.32 Å². The van der Waals surface area contributed by atoms with Crippen molar-refractivity contribution in [2.24, 2.45) is 5.92 Å². The number of ether oxygens (including phenoxy) is 1. The van der Waals surface area contributed by atoms with Crippen LogP contribution in [0.4, 0.5) is 0 Å². The van der Waals surface area contributed by atoms with Crippen LogP contribution < -0.4 is 5.32 Å². The lowest BCUT2D eigenvalue weighted by Crippen LogP contribution is -2.38. The van der Waals surface area contributed by atoms with E-state index >= 15 is 0 Å². The Morgan fingerprint density at radius 1 is 1.21 bits per heavy atom. The highest BCUT2D eigenvalue weighted by atomic mass is 16.5. The first-order chi connectivity index (χ1) is 9.24. The maximum Gasteiger partial charge on any atom is 0.0897 e. The number of aliphatic hydroxyl groups is 1. The zero-order chi connectivity index (χ0) is 13.5. The second-order valence-corrected chi connectivity index (χ2v) is 6.26. The lowest BCUT2D eigenvalue weighted by Gasteiger charge is -2.27. The Kier molecular flexibility index (Phi) is 6.35. The lowest BCUT2D eigenvalue weighted by molar-refractivity contribution is -0.0284. The number of rotatable bonds is 6. The Balaban J connectivity index is 1.54. The third kappa shape index (κ3) is 5.64. The third-order valence-electron chi connectivity index (χ3n) is 4.40.